The predicted octanol–water partition coefficient (Wildman–Crippen LogP) is 0.763. The van der Waals surface area contributed by atoms with Crippen molar-refractivity contribution in [3.8, 4) is 0 Å². The number of hydrogen-bond donors (Lipinski definition) is 0. The van der Waals surface area contributed by atoms with Crippen LogP contribution in [-0.4, -0.2) is 41.8 Å². The first kappa shape index (κ1) is 16.4. The standard InChI is InChI=1S/C12H16N2O5S/c1-3-19-20(17,18)10(6-5-9(2)15)11(16)12-13-7-4-8-14-12/h4,7-8,10H,3,5-6H2,1-2H3. The van der Waals surface area contributed by atoms with Gasteiger partial charge in [-0.25, -0.2) is 9.97 Å². The first-order chi connectivity index (χ1) is 9.38. The molecule has 1 unspecified atom stereocenters. The van der Waals surface area contributed by atoms with Gasteiger partial charge in [-0.1, -0.05) is 0 Å². The van der Waals surface area contributed by atoms with E-state index >= 15 is 0 Å². The number of aromatic nitrogens is 2. The maximum Gasteiger partial charge on any atom is 0.277 e. The van der Waals surface area contributed by atoms with E-state index in [0.29, 0.717) is 0 Å². The van der Waals surface area contributed by atoms with Gasteiger partial charge in [-0.05, 0) is 26.3 Å². The molecule has 0 saturated carbocycles. The quantitative estimate of drug-likeness (QED) is 0.515. The van der Waals surface area contributed by atoms with Crippen LogP contribution >= 0.6 is 0 Å². The number of ketones is 2. The molecule has 0 saturated heterocycles. The van der Waals surface area contributed by atoms with Crippen molar-refractivity contribution >= 4 is 21.7 Å². The number of Topliss-reactive ketones (excluding diaryl/α,β-unsaturated/α-hetero) is 2. The van der Waals surface area contributed by atoms with E-state index in [-0.39, 0.29) is 31.1 Å². The van der Waals surface area contributed by atoms with E-state index in [1.807, 2.05) is 0 Å². The van der Waals surface area contributed by atoms with Crippen LogP contribution in [0.2, 0.25) is 0 Å². The highest BCUT2D eigenvalue weighted by atomic mass is 32.2. The van der Waals surface area contributed by atoms with E-state index in [4.69, 9.17) is 0 Å². The Morgan fingerprint density at radius 2 is 1.90 bits per heavy atom. The average molecular weight is 300 g/mol. The van der Waals surface area contributed by atoms with Crippen LogP contribution in [-0.2, 0) is 19.1 Å². The average Bonchev–Trinajstić information content (AvgIpc) is 2.39. The molecule has 7 nitrogen and oxygen atoms in total. The number of carbonyl (C=O) groups excluding carboxylic acids is 2. The maximum absolute atomic E-state index is 12.2. The number of hydrogen-bond acceptors (Lipinski definition) is 7. The van der Waals surface area contributed by atoms with Gasteiger partial charge in [-0.2, -0.15) is 8.42 Å². The fourth-order valence-electron chi connectivity index (χ4n) is 1.56. The maximum atomic E-state index is 12.2. The van der Waals surface area contributed by atoms with E-state index in [0.717, 1.165) is 0 Å². The molecule has 1 atom stereocenters. The lowest BCUT2D eigenvalue weighted by Crippen LogP contribution is -2.33. The molecule has 0 aliphatic carbocycles. The second kappa shape index (κ2) is 7.20. The normalized spacial score (nSPS) is 12.9. The molecule has 1 rings (SSSR count). The number of rotatable bonds is 8. The second-order valence-corrected chi connectivity index (χ2v) is 5.86. The van der Waals surface area contributed by atoms with Gasteiger partial charge in [-0.15, -0.1) is 0 Å². The number of nitrogens with zero attached hydrogens (tertiary/aromatic N) is 2. The summed E-state index contributed by atoms with van der Waals surface area (Å²) >= 11 is 0. The van der Waals surface area contributed by atoms with Crippen molar-refractivity contribution in [1.29, 1.82) is 0 Å². The van der Waals surface area contributed by atoms with Gasteiger partial charge in [0.15, 0.2) is 11.1 Å². The van der Waals surface area contributed by atoms with Crippen molar-refractivity contribution in [2.24, 2.45) is 0 Å². The molecule has 0 bridgehead atoms. The second-order valence-electron chi connectivity index (χ2n) is 4.07. The summed E-state index contributed by atoms with van der Waals surface area (Å²) in [5.41, 5.74) is 0. The Morgan fingerprint density at radius 3 is 2.40 bits per heavy atom. The molecule has 0 aliphatic heterocycles. The largest absolute Gasteiger partial charge is 0.300 e. The van der Waals surface area contributed by atoms with Gasteiger partial charge in [0.2, 0.25) is 5.78 Å². The zero-order valence-corrected chi connectivity index (χ0v) is 12.1. The van der Waals surface area contributed by atoms with Crippen molar-refractivity contribution < 1.29 is 22.2 Å². The fraction of sp³-hybridized carbons (Fsp3) is 0.500. The van der Waals surface area contributed by atoms with Crippen LogP contribution in [0.4, 0.5) is 0 Å². The third kappa shape index (κ3) is 4.46. The molecule has 1 aromatic rings. The zero-order valence-electron chi connectivity index (χ0n) is 11.3. The Kier molecular flexibility index (Phi) is 5.90. The molecule has 0 spiro atoms. The summed E-state index contributed by atoms with van der Waals surface area (Å²) in [5.74, 6) is -1.17. The van der Waals surface area contributed by atoms with Crippen molar-refractivity contribution in [3.05, 3.63) is 24.3 Å². The monoisotopic (exact) mass is 300 g/mol. The van der Waals surface area contributed by atoms with E-state index < -0.39 is 21.2 Å². The lowest BCUT2D eigenvalue weighted by Gasteiger charge is -2.14. The summed E-state index contributed by atoms with van der Waals surface area (Å²) in [7, 11) is -4.10. The molecule has 0 N–H and O–H groups in total. The molecule has 1 heterocycles. The van der Waals surface area contributed by atoms with Gasteiger partial charge < -0.3 is 4.79 Å². The molecule has 0 aliphatic rings. The van der Waals surface area contributed by atoms with Crippen LogP contribution in [0.25, 0.3) is 0 Å². The van der Waals surface area contributed by atoms with Crippen molar-refractivity contribution in [2.75, 3.05) is 6.61 Å². The van der Waals surface area contributed by atoms with E-state index in [1.54, 1.807) is 0 Å². The van der Waals surface area contributed by atoms with Gasteiger partial charge in [0.25, 0.3) is 10.1 Å². The minimum absolute atomic E-state index is 0.0322. The minimum Gasteiger partial charge on any atom is -0.300 e. The van der Waals surface area contributed by atoms with Crippen molar-refractivity contribution in [2.45, 2.75) is 31.9 Å². The summed E-state index contributed by atoms with van der Waals surface area (Å²) in [4.78, 5) is 30.7. The summed E-state index contributed by atoms with van der Waals surface area (Å²) in [6.45, 7) is 2.75. The lowest BCUT2D eigenvalue weighted by atomic mass is 10.1. The Morgan fingerprint density at radius 1 is 1.30 bits per heavy atom. The van der Waals surface area contributed by atoms with Gasteiger partial charge in [0.1, 0.15) is 5.78 Å². The predicted molar refractivity (Wildman–Crippen MR) is 70.6 cm³/mol. The molecule has 8 heteroatoms. The van der Waals surface area contributed by atoms with Gasteiger partial charge in [0, 0.05) is 18.8 Å². The third-order valence-electron chi connectivity index (χ3n) is 2.47. The molecule has 0 fully saturated rings. The summed E-state index contributed by atoms with van der Waals surface area (Å²) in [6, 6.07) is 1.51. The fourth-order valence-corrected chi connectivity index (χ4v) is 2.82. The Labute approximate surface area is 117 Å². The molecule has 20 heavy (non-hydrogen) atoms. The molecular formula is C12H16N2O5S. The first-order valence-electron chi connectivity index (χ1n) is 6.07. The van der Waals surface area contributed by atoms with Crippen LogP contribution in [0.3, 0.4) is 0 Å². The van der Waals surface area contributed by atoms with Gasteiger partial charge in [0.05, 0.1) is 6.61 Å². The van der Waals surface area contributed by atoms with Gasteiger partial charge in [-0.3, -0.25) is 8.98 Å². The van der Waals surface area contributed by atoms with E-state index in [1.165, 1.54) is 32.3 Å². The summed E-state index contributed by atoms with van der Waals surface area (Å²) in [6.07, 6.45) is 2.51. The van der Waals surface area contributed by atoms with Crippen molar-refractivity contribution in [3.63, 3.8) is 0 Å². The smallest absolute Gasteiger partial charge is 0.277 e. The van der Waals surface area contributed by atoms with Crippen LogP contribution in [0.5, 0.6) is 0 Å². The van der Waals surface area contributed by atoms with Crippen molar-refractivity contribution in [1.82, 2.24) is 9.97 Å². The summed E-state index contributed by atoms with van der Waals surface area (Å²) in [5, 5.41) is -1.46. The number of carbonyl (C=O) groups is 2. The SMILES string of the molecule is CCOS(=O)(=O)C(CCC(C)=O)C(=O)c1ncccn1. The van der Waals surface area contributed by atoms with Crippen LogP contribution in [0.15, 0.2) is 18.5 Å². The van der Waals surface area contributed by atoms with Crippen LogP contribution in [0, 0.1) is 0 Å². The molecule has 110 valence electrons. The third-order valence-corrected chi connectivity index (χ3v) is 4.18. The van der Waals surface area contributed by atoms with Gasteiger partial charge >= 0.3 is 0 Å². The Bertz CT molecular complexity index is 571. The van der Waals surface area contributed by atoms with E-state index in [2.05, 4.69) is 14.2 Å². The molecule has 0 radical (unpaired) electrons. The van der Waals surface area contributed by atoms with E-state index in [9.17, 15) is 18.0 Å². The highest BCUT2D eigenvalue weighted by Crippen LogP contribution is 2.15. The Balaban J connectivity index is 3.04. The zero-order chi connectivity index (χ0) is 15.2. The first-order valence-corrected chi connectivity index (χ1v) is 7.54. The van der Waals surface area contributed by atoms with Crippen LogP contribution < -0.4 is 0 Å². The minimum atomic E-state index is -4.10. The molecule has 0 aromatic carbocycles. The molecule has 1 aromatic heterocycles. The topological polar surface area (TPSA) is 103 Å². The summed E-state index contributed by atoms with van der Waals surface area (Å²) < 4.78 is 28.5. The lowest BCUT2D eigenvalue weighted by molar-refractivity contribution is -0.117. The highest BCUT2D eigenvalue weighted by molar-refractivity contribution is 7.88. The molecule has 0 amide bonds. The Hall–Kier alpha value is -1.67. The van der Waals surface area contributed by atoms with Crippen LogP contribution in [0.1, 0.15) is 37.3 Å². The molecular weight excluding hydrogens is 284 g/mol. The highest BCUT2D eigenvalue weighted by Gasteiger charge is 2.35.